The van der Waals surface area contributed by atoms with E-state index in [2.05, 4.69) is 5.32 Å². The van der Waals surface area contributed by atoms with E-state index in [1.165, 1.54) is 25.3 Å². The van der Waals surface area contributed by atoms with Gasteiger partial charge in [-0.15, -0.1) is 0 Å². The zero-order valence-electron chi connectivity index (χ0n) is 15.9. The minimum absolute atomic E-state index is 0.00928. The monoisotopic (exact) mass is 422 g/mol. The SMILES string of the molecule is COc1ccccc1C1=C(Nc2cccc(F)c2)C(=O)N(c2ccccc2Cl)C1=O. The maximum Gasteiger partial charge on any atom is 0.282 e. The molecule has 0 fully saturated rings. The van der Waals surface area contributed by atoms with Crippen molar-refractivity contribution in [3.05, 3.63) is 94.9 Å². The maximum atomic E-state index is 13.7. The second-order valence-corrected chi connectivity index (χ2v) is 6.89. The molecular formula is C23H16ClFN2O3. The predicted octanol–water partition coefficient (Wildman–Crippen LogP) is 4.88. The third-order valence-corrected chi connectivity index (χ3v) is 4.97. The molecule has 1 heterocycles. The van der Waals surface area contributed by atoms with E-state index >= 15 is 0 Å². The van der Waals surface area contributed by atoms with E-state index in [1.54, 1.807) is 54.6 Å². The summed E-state index contributed by atoms with van der Waals surface area (Å²) < 4.78 is 19.1. The quantitative estimate of drug-likeness (QED) is 0.595. The molecule has 1 N–H and O–H groups in total. The lowest BCUT2D eigenvalue weighted by Crippen LogP contribution is -2.32. The van der Waals surface area contributed by atoms with Gasteiger partial charge in [-0.1, -0.05) is 48.0 Å². The minimum atomic E-state index is -0.599. The fourth-order valence-corrected chi connectivity index (χ4v) is 3.53. The molecule has 30 heavy (non-hydrogen) atoms. The minimum Gasteiger partial charge on any atom is -0.496 e. The number of anilines is 2. The molecular weight excluding hydrogens is 407 g/mol. The van der Waals surface area contributed by atoms with Crippen LogP contribution in [0.5, 0.6) is 5.75 Å². The fourth-order valence-electron chi connectivity index (χ4n) is 3.31. The Morgan fingerprint density at radius 1 is 0.933 bits per heavy atom. The van der Waals surface area contributed by atoms with Crippen LogP contribution in [0.25, 0.3) is 5.57 Å². The predicted molar refractivity (Wildman–Crippen MR) is 114 cm³/mol. The number of para-hydroxylation sites is 2. The van der Waals surface area contributed by atoms with Gasteiger partial charge in [-0.05, 0) is 36.4 Å². The Balaban J connectivity index is 1.89. The molecule has 7 heteroatoms. The highest BCUT2D eigenvalue weighted by Gasteiger charge is 2.41. The summed E-state index contributed by atoms with van der Waals surface area (Å²) in [6, 6.07) is 19.1. The lowest BCUT2D eigenvalue weighted by atomic mass is 10.0. The van der Waals surface area contributed by atoms with Crippen LogP contribution in [0.1, 0.15) is 5.56 Å². The van der Waals surface area contributed by atoms with Gasteiger partial charge in [-0.25, -0.2) is 9.29 Å². The summed E-state index contributed by atoms with van der Waals surface area (Å²) in [5, 5.41) is 3.17. The van der Waals surface area contributed by atoms with Crippen LogP contribution in [-0.4, -0.2) is 18.9 Å². The molecule has 5 nitrogen and oxygen atoms in total. The maximum absolute atomic E-state index is 13.7. The van der Waals surface area contributed by atoms with Crippen LogP contribution in [-0.2, 0) is 9.59 Å². The van der Waals surface area contributed by atoms with E-state index in [0.29, 0.717) is 17.0 Å². The Labute approximate surface area is 177 Å². The van der Waals surface area contributed by atoms with Gasteiger partial charge in [0.15, 0.2) is 0 Å². The number of rotatable bonds is 5. The van der Waals surface area contributed by atoms with Gasteiger partial charge in [0.2, 0.25) is 0 Å². The summed E-state index contributed by atoms with van der Waals surface area (Å²) in [6.07, 6.45) is 0. The van der Waals surface area contributed by atoms with Crippen molar-refractivity contribution in [1.82, 2.24) is 0 Å². The van der Waals surface area contributed by atoms with Gasteiger partial charge in [-0.3, -0.25) is 9.59 Å². The molecule has 0 atom stereocenters. The van der Waals surface area contributed by atoms with Gasteiger partial charge in [-0.2, -0.15) is 0 Å². The summed E-state index contributed by atoms with van der Waals surface area (Å²) in [4.78, 5) is 27.8. The normalized spacial score (nSPS) is 13.8. The topological polar surface area (TPSA) is 58.6 Å². The van der Waals surface area contributed by atoms with E-state index in [0.717, 1.165) is 4.90 Å². The van der Waals surface area contributed by atoms with Gasteiger partial charge >= 0.3 is 0 Å². The van der Waals surface area contributed by atoms with Gasteiger partial charge in [0, 0.05) is 11.3 Å². The number of halogens is 2. The third kappa shape index (κ3) is 3.42. The molecule has 4 rings (SSSR count). The standard InChI is InChI=1S/C23H16ClFN2O3/c1-30-19-12-5-2-9-16(19)20-21(26-15-8-6-7-14(25)13-15)23(29)27(22(20)28)18-11-4-3-10-17(18)24/h2-13,26H,1H3. The van der Waals surface area contributed by atoms with Crippen LogP contribution >= 0.6 is 11.6 Å². The van der Waals surface area contributed by atoms with Crippen molar-refractivity contribution in [2.75, 3.05) is 17.3 Å². The molecule has 0 spiro atoms. The number of benzene rings is 3. The molecule has 0 bridgehead atoms. The number of imide groups is 1. The van der Waals surface area contributed by atoms with Gasteiger partial charge in [0.1, 0.15) is 17.3 Å². The fraction of sp³-hybridized carbons (Fsp3) is 0.0435. The molecule has 2 amide bonds. The number of hydrogen-bond acceptors (Lipinski definition) is 4. The molecule has 0 radical (unpaired) electrons. The van der Waals surface area contributed by atoms with E-state index < -0.39 is 17.6 Å². The Morgan fingerprint density at radius 2 is 1.67 bits per heavy atom. The highest BCUT2D eigenvalue weighted by molar-refractivity contribution is 6.48. The average Bonchev–Trinajstić information content (AvgIpc) is 2.98. The van der Waals surface area contributed by atoms with Crippen molar-refractivity contribution in [2.24, 2.45) is 0 Å². The number of hydrogen-bond donors (Lipinski definition) is 1. The van der Waals surface area contributed by atoms with Crippen LogP contribution in [0.15, 0.2) is 78.5 Å². The van der Waals surface area contributed by atoms with Gasteiger partial charge in [0.05, 0.1) is 23.4 Å². The summed E-state index contributed by atoms with van der Waals surface area (Å²) in [6.45, 7) is 0. The van der Waals surface area contributed by atoms with Crippen molar-refractivity contribution in [1.29, 1.82) is 0 Å². The molecule has 3 aromatic rings. The summed E-state index contributed by atoms with van der Waals surface area (Å²) in [7, 11) is 1.48. The average molecular weight is 423 g/mol. The van der Waals surface area contributed by atoms with Crippen LogP contribution in [0, 0.1) is 5.82 Å². The first-order valence-corrected chi connectivity index (χ1v) is 9.42. The number of methoxy groups -OCH3 is 1. The first-order valence-electron chi connectivity index (χ1n) is 9.05. The Kier molecular flexibility index (Phi) is 5.25. The van der Waals surface area contributed by atoms with Crippen LogP contribution in [0.2, 0.25) is 5.02 Å². The summed E-state index contributed by atoms with van der Waals surface area (Å²) in [5.41, 5.74) is 1.15. The van der Waals surface area contributed by atoms with E-state index in [4.69, 9.17) is 16.3 Å². The summed E-state index contributed by atoms with van der Waals surface area (Å²) in [5.74, 6) is -1.21. The number of carbonyl (C=O) groups is 2. The number of carbonyl (C=O) groups excluding carboxylic acids is 2. The van der Waals surface area contributed by atoms with Gasteiger partial charge < -0.3 is 10.1 Å². The van der Waals surface area contributed by atoms with Crippen molar-refractivity contribution in [3.63, 3.8) is 0 Å². The number of nitrogens with zero attached hydrogens (tertiary/aromatic N) is 1. The number of nitrogens with one attached hydrogen (secondary N) is 1. The van der Waals surface area contributed by atoms with E-state index in [9.17, 15) is 14.0 Å². The smallest absolute Gasteiger partial charge is 0.282 e. The zero-order chi connectivity index (χ0) is 21.3. The Bertz CT molecular complexity index is 1190. The third-order valence-electron chi connectivity index (χ3n) is 4.65. The van der Waals surface area contributed by atoms with Crippen molar-refractivity contribution in [3.8, 4) is 5.75 Å². The zero-order valence-corrected chi connectivity index (χ0v) is 16.6. The van der Waals surface area contributed by atoms with Crippen molar-refractivity contribution < 1.29 is 18.7 Å². The van der Waals surface area contributed by atoms with Gasteiger partial charge in [0.25, 0.3) is 11.8 Å². The van der Waals surface area contributed by atoms with E-state index in [1.807, 2.05) is 0 Å². The van der Waals surface area contributed by atoms with Crippen LogP contribution in [0.3, 0.4) is 0 Å². The molecule has 3 aromatic carbocycles. The molecule has 0 unspecified atom stereocenters. The Hall–Kier alpha value is -3.64. The largest absolute Gasteiger partial charge is 0.496 e. The number of ether oxygens (including phenoxy) is 1. The first kappa shape index (κ1) is 19.7. The molecule has 1 aliphatic heterocycles. The highest BCUT2D eigenvalue weighted by Crippen LogP contribution is 2.39. The molecule has 0 aliphatic carbocycles. The molecule has 0 saturated heterocycles. The Morgan fingerprint density at radius 3 is 2.40 bits per heavy atom. The second-order valence-electron chi connectivity index (χ2n) is 6.48. The lowest BCUT2D eigenvalue weighted by Gasteiger charge is -2.17. The molecule has 0 aromatic heterocycles. The highest BCUT2D eigenvalue weighted by atomic mass is 35.5. The number of amides is 2. The van der Waals surface area contributed by atoms with Crippen molar-refractivity contribution in [2.45, 2.75) is 0 Å². The molecule has 150 valence electrons. The molecule has 1 aliphatic rings. The lowest BCUT2D eigenvalue weighted by molar-refractivity contribution is -0.120. The van der Waals surface area contributed by atoms with E-state index in [-0.39, 0.29) is 22.0 Å². The van der Waals surface area contributed by atoms with Crippen molar-refractivity contribution >= 4 is 40.4 Å². The van der Waals surface area contributed by atoms with Crippen LogP contribution < -0.4 is 15.0 Å². The summed E-state index contributed by atoms with van der Waals surface area (Å²) >= 11 is 6.26. The first-order chi connectivity index (χ1) is 14.5. The van der Waals surface area contributed by atoms with Crippen LogP contribution in [0.4, 0.5) is 15.8 Å². The molecule has 0 saturated carbocycles. The second kappa shape index (κ2) is 8.00.